The molecular formula is C14H12F3N3O3. The summed E-state index contributed by atoms with van der Waals surface area (Å²) < 4.78 is 38.8. The summed E-state index contributed by atoms with van der Waals surface area (Å²) in [5.41, 5.74) is -1.89. The van der Waals surface area contributed by atoms with Gasteiger partial charge >= 0.3 is 6.18 Å². The zero-order valence-corrected chi connectivity index (χ0v) is 11.9. The Morgan fingerprint density at radius 2 is 2.04 bits per heavy atom. The van der Waals surface area contributed by atoms with E-state index in [-0.39, 0.29) is 17.7 Å². The van der Waals surface area contributed by atoms with Crippen LogP contribution in [0, 0.1) is 0 Å². The van der Waals surface area contributed by atoms with E-state index in [2.05, 4.69) is 10.3 Å². The number of rotatable bonds is 3. The zero-order chi connectivity index (χ0) is 17.2. The fraction of sp³-hybridized carbons (Fsp3) is 0.214. The van der Waals surface area contributed by atoms with E-state index in [1.165, 1.54) is 7.05 Å². The molecule has 0 bridgehead atoms. The first kappa shape index (κ1) is 16.5. The predicted molar refractivity (Wildman–Crippen MR) is 74.7 cm³/mol. The lowest BCUT2D eigenvalue weighted by Gasteiger charge is -2.11. The van der Waals surface area contributed by atoms with Crippen LogP contribution in [0.5, 0.6) is 5.75 Å². The summed E-state index contributed by atoms with van der Waals surface area (Å²) in [5, 5.41) is 12.1. The summed E-state index contributed by atoms with van der Waals surface area (Å²) in [6, 6.07) is 2.27. The van der Waals surface area contributed by atoms with Gasteiger partial charge in [0.1, 0.15) is 12.3 Å². The molecule has 0 unspecified atom stereocenters. The maximum Gasteiger partial charge on any atom is 0.416 e. The molecule has 0 radical (unpaired) electrons. The first-order chi connectivity index (χ1) is 10.7. The van der Waals surface area contributed by atoms with E-state index >= 15 is 0 Å². The predicted octanol–water partition coefficient (Wildman–Crippen LogP) is 1.38. The van der Waals surface area contributed by atoms with Crippen LogP contribution in [-0.4, -0.2) is 27.6 Å². The number of benzene rings is 1. The third kappa shape index (κ3) is 3.50. The second-order valence-corrected chi connectivity index (χ2v) is 4.64. The molecule has 122 valence electrons. The van der Waals surface area contributed by atoms with Gasteiger partial charge in [-0.05, 0) is 18.2 Å². The molecule has 1 aromatic heterocycles. The second kappa shape index (κ2) is 6.11. The highest BCUT2D eigenvalue weighted by Crippen LogP contribution is 2.35. The number of hydrogen-bond acceptors (Lipinski definition) is 4. The highest BCUT2D eigenvalue weighted by molar-refractivity contribution is 5.75. The van der Waals surface area contributed by atoms with Crippen molar-refractivity contribution in [3.8, 4) is 16.9 Å². The van der Waals surface area contributed by atoms with Gasteiger partial charge in [0.2, 0.25) is 5.91 Å². The molecule has 2 rings (SSSR count). The standard InChI is InChI=1S/C14H12F3N3O3/c1-18-12(22)6-20-7-19-5-10(13(20)23)9-3-2-8(4-11(9)21)14(15,16)17/h2-5,7,21H,6H2,1H3,(H,18,22). The third-order valence-corrected chi connectivity index (χ3v) is 3.11. The maximum atomic E-state index is 12.6. The summed E-state index contributed by atoms with van der Waals surface area (Å²) in [5.74, 6) is -1.14. The molecule has 0 saturated heterocycles. The van der Waals surface area contributed by atoms with Gasteiger partial charge in [0, 0.05) is 18.8 Å². The van der Waals surface area contributed by atoms with Gasteiger partial charge in [0.05, 0.1) is 17.5 Å². The van der Waals surface area contributed by atoms with Crippen LogP contribution < -0.4 is 10.9 Å². The second-order valence-electron chi connectivity index (χ2n) is 4.64. The summed E-state index contributed by atoms with van der Waals surface area (Å²) in [6.45, 7) is -0.294. The molecule has 2 aromatic rings. The Morgan fingerprint density at radius 3 is 2.61 bits per heavy atom. The fourth-order valence-electron chi connectivity index (χ4n) is 1.92. The van der Waals surface area contributed by atoms with Crippen LogP contribution in [0.25, 0.3) is 11.1 Å². The molecule has 1 aromatic carbocycles. The highest BCUT2D eigenvalue weighted by Gasteiger charge is 2.31. The quantitative estimate of drug-likeness (QED) is 0.892. The van der Waals surface area contributed by atoms with Crippen LogP contribution >= 0.6 is 0 Å². The van der Waals surface area contributed by atoms with Gasteiger partial charge in [-0.1, -0.05) is 0 Å². The van der Waals surface area contributed by atoms with Crippen molar-refractivity contribution in [3.63, 3.8) is 0 Å². The fourth-order valence-corrected chi connectivity index (χ4v) is 1.92. The van der Waals surface area contributed by atoms with Crippen LogP contribution in [0.2, 0.25) is 0 Å². The zero-order valence-electron chi connectivity index (χ0n) is 11.9. The number of carbonyl (C=O) groups excluding carboxylic acids is 1. The van der Waals surface area contributed by atoms with Crippen molar-refractivity contribution in [2.24, 2.45) is 0 Å². The molecule has 0 aliphatic carbocycles. The minimum Gasteiger partial charge on any atom is -0.507 e. The van der Waals surface area contributed by atoms with Crippen molar-refractivity contribution >= 4 is 5.91 Å². The lowest BCUT2D eigenvalue weighted by Crippen LogP contribution is -2.30. The molecule has 0 atom stereocenters. The van der Waals surface area contributed by atoms with E-state index in [4.69, 9.17) is 0 Å². The van der Waals surface area contributed by atoms with E-state index < -0.39 is 29.0 Å². The molecule has 2 N–H and O–H groups in total. The monoisotopic (exact) mass is 327 g/mol. The molecule has 23 heavy (non-hydrogen) atoms. The third-order valence-electron chi connectivity index (χ3n) is 3.11. The average Bonchev–Trinajstić information content (AvgIpc) is 2.48. The van der Waals surface area contributed by atoms with E-state index in [0.717, 1.165) is 29.2 Å². The summed E-state index contributed by atoms with van der Waals surface area (Å²) in [6.07, 6.45) is -2.36. The van der Waals surface area contributed by atoms with Gasteiger partial charge in [0.15, 0.2) is 0 Å². The lowest BCUT2D eigenvalue weighted by atomic mass is 10.0. The molecule has 1 amide bonds. The van der Waals surface area contributed by atoms with E-state index in [0.29, 0.717) is 6.07 Å². The van der Waals surface area contributed by atoms with Gasteiger partial charge in [-0.25, -0.2) is 4.98 Å². The van der Waals surface area contributed by atoms with E-state index in [1.807, 2.05) is 0 Å². The molecule has 0 spiro atoms. The number of amides is 1. The lowest BCUT2D eigenvalue weighted by molar-refractivity contribution is -0.137. The van der Waals surface area contributed by atoms with Gasteiger partial charge in [0.25, 0.3) is 5.56 Å². The molecule has 0 saturated carbocycles. The summed E-state index contributed by atoms with van der Waals surface area (Å²) in [4.78, 5) is 27.4. The topological polar surface area (TPSA) is 84.2 Å². The highest BCUT2D eigenvalue weighted by atomic mass is 19.4. The number of aromatic hydroxyl groups is 1. The van der Waals surface area contributed by atoms with Crippen LogP contribution in [0.1, 0.15) is 5.56 Å². The SMILES string of the molecule is CNC(=O)Cn1cncc(-c2ccc(C(F)(F)F)cc2O)c1=O. The van der Waals surface area contributed by atoms with Crippen molar-refractivity contribution in [1.82, 2.24) is 14.9 Å². The number of phenolic OH excluding ortho intramolecular Hbond substituents is 1. The molecule has 6 nitrogen and oxygen atoms in total. The van der Waals surface area contributed by atoms with Crippen molar-refractivity contribution in [2.75, 3.05) is 7.05 Å². The Morgan fingerprint density at radius 1 is 1.35 bits per heavy atom. The Kier molecular flexibility index (Phi) is 4.39. The van der Waals surface area contributed by atoms with E-state index in [1.54, 1.807) is 0 Å². The van der Waals surface area contributed by atoms with Crippen molar-refractivity contribution < 1.29 is 23.1 Å². The first-order valence-corrected chi connectivity index (χ1v) is 6.39. The number of phenols is 1. The first-order valence-electron chi connectivity index (χ1n) is 6.39. The number of halogens is 3. The Labute approximate surface area is 128 Å². The normalized spacial score (nSPS) is 11.3. The number of nitrogens with one attached hydrogen (secondary N) is 1. The largest absolute Gasteiger partial charge is 0.507 e. The smallest absolute Gasteiger partial charge is 0.416 e. The number of alkyl halides is 3. The van der Waals surface area contributed by atoms with Crippen molar-refractivity contribution in [2.45, 2.75) is 12.7 Å². The molecule has 0 aliphatic rings. The minimum absolute atomic E-state index is 0.0956. The Hall–Kier alpha value is -2.84. The number of aromatic nitrogens is 2. The van der Waals surface area contributed by atoms with Crippen LogP contribution in [0.4, 0.5) is 13.2 Å². The number of carbonyl (C=O) groups is 1. The van der Waals surface area contributed by atoms with Gasteiger partial charge in [-0.15, -0.1) is 0 Å². The molecule has 0 aliphatic heterocycles. The molecule has 1 heterocycles. The Balaban J connectivity index is 2.49. The number of likely N-dealkylation sites (N-methyl/N-ethyl adjacent to an activating group) is 1. The average molecular weight is 327 g/mol. The van der Waals surface area contributed by atoms with Crippen molar-refractivity contribution in [1.29, 1.82) is 0 Å². The van der Waals surface area contributed by atoms with E-state index in [9.17, 15) is 27.9 Å². The summed E-state index contributed by atoms with van der Waals surface area (Å²) in [7, 11) is 1.40. The summed E-state index contributed by atoms with van der Waals surface area (Å²) >= 11 is 0. The van der Waals surface area contributed by atoms with Crippen LogP contribution in [0.3, 0.4) is 0 Å². The van der Waals surface area contributed by atoms with Crippen LogP contribution in [-0.2, 0) is 17.5 Å². The number of hydrogen-bond donors (Lipinski definition) is 2. The molecule has 9 heteroatoms. The van der Waals surface area contributed by atoms with Gasteiger partial charge < -0.3 is 10.4 Å². The number of nitrogens with zero attached hydrogens (tertiary/aromatic N) is 2. The van der Waals surface area contributed by atoms with Gasteiger partial charge in [-0.3, -0.25) is 14.2 Å². The van der Waals surface area contributed by atoms with Gasteiger partial charge in [-0.2, -0.15) is 13.2 Å². The van der Waals surface area contributed by atoms with Crippen LogP contribution in [0.15, 0.2) is 35.5 Å². The van der Waals surface area contributed by atoms with Crippen molar-refractivity contribution in [3.05, 3.63) is 46.6 Å². The Bertz CT molecular complexity index is 800. The molecule has 0 fully saturated rings. The maximum absolute atomic E-state index is 12.6. The molecular weight excluding hydrogens is 315 g/mol. The minimum atomic E-state index is -4.61.